The quantitative estimate of drug-likeness (QED) is 0.0195. The van der Waals surface area contributed by atoms with Crippen molar-refractivity contribution in [2.75, 3.05) is 47.5 Å². The number of carboxylic acids is 1. The second-order valence-corrected chi connectivity index (χ2v) is 29.4. The molecule has 94 heavy (non-hydrogen) atoms. The van der Waals surface area contributed by atoms with Crippen molar-refractivity contribution in [3.63, 3.8) is 0 Å². The normalized spacial score (nSPS) is 12.8. The highest BCUT2D eigenvalue weighted by Gasteiger charge is 2.22. The Morgan fingerprint density at radius 1 is 0.330 bits per heavy atom. The number of nitrogens with zero attached hydrogens (tertiary/aromatic N) is 1. The van der Waals surface area contributed by atoms with Crippen LogP contribution in [0.1, 0.15) is 418 Å². The van der Waals surface area contributed by atoms with E-state index in [0.717, 1.165) is 57.8 Å². The van der Waals surface area contributed by atoms with Crippen molar-refractivity contribution in [3.8, 4) is 0 Å². The minimum Gasteiger partial charge on any atom is -0.545 e. The molecule has 9 nitrogen and oxygen atoms in total. The average Bonchev–Trinajstić information content (AvgIpc) is 3.72. The number of allylic oxidation sites excluding steroid dienone is 8. The van der Waals surface area contributed by atoms with Gasteiger partial charge in [0.05, 0.1) is 40.3 Å². The van der Waals surface area contributed by atoms with Crippen LogP contribution in [0.5, 0.6) is 0 Å². The first-order valence-corrected chi connectivity index (χ1v) is 41.3. The standard InChI is InChI=1S/C85H159NO8/c1-6-8-10-12-14-16-18-20-22-24-26-28-30-32-34-36-37-38-39-40-41-42-43-44-45-46-48-49-51-53-55-57-59-61-63-65-67-69-71-73-75-82(87)92-79-81(80-93-85(84(89)90)91-78-77-86(3,4)5)94-83(88)76-74-72-70-68-66-64-62-60-58-56-54-52-50-47-35-33-31-29-27-25-23-21-19-17-15-13-11-9-7-2/h9,11,15,17,21,23,27,29,81,85H,6-8,10,12-14,16,18-20,22,24-26,28,30-80H2,1-5H3/b11-9-,17-15-,23-21-,29-27-. The highest BCUT2D eigenvalue weighted by Crippen LogP contribution is 2.20. The molecule has 0 radical (unpaired) electrons. The number of ether oxygens (including phenoxy) is 4. The summed E-state index contributed by atoms with van der Waals surface area (Å²) in [7, 11) is 5.95. The Morgan fingerprint density at radius 3 is 0.904 bits per heavy atom. The summed E-state index contributed by atoms with van der Waals surface area (Å²) < 4.78 is 22.9. The van der Waals surface area contributed by atoms with Crippen LogP contribution in [0.3, 0.4) is 0 Å². The summed E-state index contributed by atoms with van der Waals surface area (Å²) in [5.41, 5.74) is 0. The number of rotatable bonds is 78. The summed E-state index contributed by atoms with van der Waals surface area (Å²) in [6, 6.07) is 0. The van der Waals surface area contributed by atoms with Crippen molar-refractivity contribution < 1.29 is 42.9 Å². The van der Waals surface area contributed by atoms with E-state index < -0.39 is 24.3 Å². The lowest BCUT2D eigenvalue weighted by atomic mass is 10.0. The maximum atomic E-state index is 13.0. The molecule has 0 heterocycles. The second-order valence-electron chi connectivity index (χ2n) is 29.4. The number of unbranched alkanes of at least 4 members (excludes halogenated alkanes) is 55. The SMILES string of the molecule is CC/C=C\C/C=C\C/C=C\C/C=C\CCCCCCCCCCCCCCCCCCC(=O)OC(COC(=O)CCCCCCCCCCCCCCCCCCCCCCCCCCCCCCCCCCCCCCCCCC)COC(OCC[N+](C)(C)C)C(=O)[O-]. The number of carbonyl (C=O) groups is 3. The van der Waals surface area contributed by atoms with Crippen LogP contribution in [-0.2, 0) is 33.3 Å². The number of quaternary nitrogens is 1. The first-order valence-electron chi connectivity index (χ1n) is 41.3. The van der Waals surface area contributed by atoms with Gasteiger partial charge in [-0.05, 0) is 51.4 Å². The van der Waals surface area contributed by atoms with Crippen LogP contribution in [0.25, 0.3) is 0 Å². The van der Waals surface area contributed by atoms with Crippen LogP contribution in [0.2, 0.25) is 0 Å². The van der Waals surface area contributed by atoms with Gasteiger partial charge >= 0.3 is 11.9 Å². The Labute approximate surface area is 584 Å². The zero-order chi connectivity index (χ0) is 68.2. The predicted molar refractivity (Wildman–Crippen MR) is 403 cm³/mol. The van der Waals surface area contributed by atoms with Gasteiger partial charge in [0.2, 0.25) is 0 Å². The van der Waals surface area contributed by atoms with E-state index in [-0.39, 0.29) is 32.2 Å². The van der Waals surface area contributed by atoms with Crippen LogP contribution in [0, 0.1) is 0 Å². The fourth-order valence-electron chi connectivity index (χ4n) is 12.6. The Bertz CT molecular complexity index is 1680. The molecule has 0 saturated carbocycles. The molecule has 0 fully saturated rings. The van der Waals surface area contributed by atoms with E-state index in [2.05, 4.69) is 62.5 Å². The van der Waals surface area contributed by atoms with E-state index in [4.69, 9.17) is 18.9 Å². The number of aliphatic carboxylic acids is 1. The second kappa shape index (κ2) is 76.0. The number of likely N-dealkylation sites (N-methyl/N-ethyl adjacent to an activating group) is 1. The lowest BCUT2D eigenvalue weighted by Gasteiger charge is -2.26. The highest BCUT2D eigenvalue weighted by atomic mass is 16.7. The number of carboxylic acid groups (broad SMARTS) is 1. The van der Waals surface area contributed by atoms with E-state index in [0.29, 0.717) is 23.9 Å². The number of esters is 2. The predicted octanol–water partition coefficient (Wildman–Crippen LogP) is 25.1. The van der Waals surface area contributed by atoms with E-state index in [1.54, 1.807) is 0 Å². The molecule has 0 aliphatic rings. The number of carbonyl (C=O) groups excluding carboxylic acids is 3. The first kappa shape index (κ1) is 91.2. The van der Waals surface area contributed by atoms with E-state index >= 15 is 0 Å². The molecule has 0 aromatic heterocycles. The largest absolute Gasteiger partial charge is 0.545 e. The minimum atomic E-state index is -1.62. The molecule has 0 saturated heterocycles. The molecule has 9 heteroatoms. The van der Waals surface area contributed by atoms with E-state index in [9.17, 15) is 19.5 Å². The lowest BCUT2D eigenvalue weighted by Crippen LogP contribution is -2.44. The maximum absolute atomic E-state index is 13.0. The van der Waals surface area contributed by atoms with E-state index in [1.807, 2.05) is 21.1 Å². The van der Waals surface area contributed by atoms with Crippen LogP contribution in [-0.4, -0.2) is 82.3 Å². The van der Waals surface area contributed by atoms with Crippen LogP contribution >= 0.6 is 0 Å². The number of hydrogen-bond donors (Lipinski definition) is 0. The smallest absolute Gasteiger partial charge is 0.306 e. The van der Waals surface area contributed by atoms with E-state index in [1.165, 1.54) is 327 Å². The summed E-state index contributed by atoms with van der Waals surface area (Å²) in [5, 5.41) is 11.9. The molecule has 0 bridgehead atoms. The van der Waals surface area contributed by atoms with Gasteiger partial charge in [0.15, 0.2) is 12.4 Å². The molecule has 0 aliphatic heterocycles. The topological polar surface area (TPSA) is 111 Å². The summed E-state index contributed by atoms with van der Waals surface area (Å²) in [6.45, 7) is 4.71. The molecule has 0 aliphatic carbocycles. The highest BCUT2D eigenvalue weighted by molar-refractivity contribution is 5.70. The van der Waals surface area contributed by atoms with Crippen molar-refractivity contribution in [1.82, 2.24) is 0 Å². The molecule has 0 rings (SSSR count). The van der Waals surface area contributed by atoms with Gasteiger partial charge in [0, 0.05) is 12.8 Å². The summed E-state index contributed by atoms with van der Waals surface area (Å²) >= 11 is 0. The van der Waals surface area contributed by atoms with Gasteiger partial charge in [-0.15, -0.1) is 0 Å². The Kier molecular flexibility index (Phi) is 73.8. The summed E-state index contributed by atoms with van der Waals surface area (Å²) in [4.78, 5) is 37.6. The molecular formula is C85H159NO8. The molecule has 0 N–H and O–H groups in total. The van der Waals surface area contributed by atoms with Crippen molar-refractivity contribution in [2.24, 2.45) is 0 Å². The van der Waals surface area contributed by atoms with Gasteiger partial charge < -0.3 is 33.3 Å². The Balaban J connectivity index is 3.92. The fraction of sp³-hybridized carbons (Fsp3) is 0.871. The minimum absolute atomic E-state index is 0.150. The van der Waals surface area contributed by atoms with Crippen molar-refractivity contribution in [3.05, 3.63) is 48.6 Å². The molecule has 2 atom stereocenters. The molecule has 0 amide bonds. The molecule has 0 aromatic rings. The molecule has 0 aromatic carbocycles. The van der Waals surface area contributed by atoms with Gasteiger partial charge in [-0.25, -0.2) is 0 Å². The summed E-state index contributed by atoms with van der Waals surface area (Å²) in [6.07, 6.45) is 96.9. The Hall–Kier alpha value is -2.75. The number of hydrogen-bond acceptors (Lipinski definition) is 8. The lowest BCUT2D eigenvalue weighted by molar-refractivity contribution is -0.870. The van der Waals surface area contributed by atoms with Gasteiger partial charge in [-0.1, -0.05) is 403 Å². The van der Waals surface area contributed by atoms with Gasteiger partial charge in [0.25, 0.3) is 0 Å². The van der Waals surface area contributed by atoms with Crippen LogP contribution in [0.15, 0.2) is 48.6 Å². The third-order valence-electron chi connectivity index (χ3n) is 18.8. The van der Waals surface area contributed by atoms with Crippen LogP contribution in [0.4, 0.5) is 0 Å². The average molecular weight is 1320 g/mol. The maximum Gasteiger partial charge on any atom is 0.306 e. The molecule has 2 unspecified atom stereocenters. The molecule has 0 spiro atoms. The zero-order valence-electron chi connectivity index (χ0n) is 63.4. The summed E-state index contributed by atoms with van der Waals surface area (Å²) in [5.74, 6) is -2.25. The first-order chi connectivity index (χ1) is 46.1. The van der Waals surface area contributed by atoms with Gasteiger partial charge in [0.1, 0.15) is 13.2 Å². The van der Waals surface area contributed by atoms with Crippen molar-refractivity contribution in [1.29, 1.82) is 0 Å². The third kappa shape index (κ3) is 76.6. The zero-order valence-corrected chi connectivity index (χ0v) is 63.4. The Morgan fingerprint density at radius 2 is 0.606 bits per heavy atom. The molecular weight excluding hydrogens is 1160 g/mol. The van der Waals surface area contributed by atoms with Crippen LogP contribution < -0.4 is 5.11 Å². The third-order valence-corrected chi connectivity index (χ3v) is 18.8. The monoisotopic (exact) mass is 1320 g/mol. The van der Waals surface area contributed by atoms with Crippen molar-refractivity contribution >= 4 is 17.9 Å². The molecule has 552 valence electrons. The van der Waals surface area contributed by atoms with Crippen molar-refractivity contribution in [2.45, 2.75) is 431 Å². The van der Waals surface area contributed by atoms with Gasteiger partial charge in [-0.3, -0.25) is 9.59 Å². The van der Waals surface area contributed by atoms with Gasteiger partial charge in [-0.2, -0.15) is 0 Å². The fourth-order valence-corrected chi connectivity index (χ4v) is 12.6.